The van der Waals surface area contributed by atoms with Crippen molar-refractivity contribution in [2.75, 3.05) is 26.4 Å². The average molecular weight is 1430 g/mol. The summed E-state index contributed by atoms with van der Waals surface area (Å²) < 4.78 is 34.5. The summed E-state index contributed by atoms with van der Waals surface area (Å²) in [7, 11) is 0. The molecular formula is C81H155NO18. The molecule has 3 saturated heterocycles. The minimum atomic E-state index is -1.97. The highest BCUT2D eigenvalue weighted by atomic mass is 16.8. The third-order valence-corrected chi connectivity index (χ3v) is 21.3. The molecule has 1 amide bonds. The molecule has 0 aromatic carbocycles. The zero-order valence-electron chi connectivity index (χ0n) is 63.5. The lowest BCUT2D eigenvalue weighted by molar-refractivity contribution is -0.379. The topological polar surface area (TPSA) is 307 Å². The number of unbranched alkanes of at least 4 members (excludes halogenated alkanes) is 50. The molecule has 19 heteroatoms. The third kappa shape index (κ3) is 42.2. The summed E-state index contributed by atoms with van der Waals surface area (Å²) >= 11 is 0. The van der Waals surface area contributed by atoms with E-state index in [0.717, 1.165) is 44.9 Å². The van der Waals surface area contributed by atoms with E-state index in [2.05, 4.69) is 31.3 Å². The van der Waals surface area contributed by atoms with E-state index in [0.29, 0.717) is 12.8 Å². The molecule has 3 aliphatic heterocycles. The molecule has 17 atom stereocenters. The highest BCUT2D eigenvalue weighted by molar-refractivity contribution is 5.76. The summed E-state index contributed by atoms with van der Waals surface area (Å²) in [5, 5.41) is 121. The number of amides is 1. The Hall–Kier alpha value is -1.47. The molecule has 592 valence electrons. The van der Waals surface area contributed by atoms with Crippen molar-refractivity contribution in [1.82, 2.24) is 5.32 Å². The number of carbonyl (C=O) groups excluding carboxylic acids is 1. The Morgan fingerprint density at radius 1 is 0.350 bits per heavy atom. The van der Waals surface area contributed by atoms with Crippen LogP contribution in [0, 0.1) is 0 Å². The van der Waals surface area contributed by atoms with Crippen LogP contribution in [0.15, 0.2) is 12.2 Å². The van der Waals surface area contributed by atoms with Gasteiger partial charge in [0.05, 0.1) is 38.6 Å². The smallest absolute Gasteiger partial charge is 0.220 e. The molecule has 3 heterocycles. The number of ether oxygens (including phenoxy) is 6. The van der Waals surface area contributed by atoms with Crippen LogP contribution in [-0.2, 0) is 33.2 Å². The predicted octanol–water partition coefficient (Wildman–Crippen LogP) is 14.3. The van der Waals surface area contributed by atoms with Crippen LogP contribution >= 0.6 is 0 Å². The van der Waals surface area contributed by atoms with Gasteiger partial charge in [0.2, 0.25) is 5.91 Å². The highest BCUT2D eigenvalue weighted by Crippen LogP contribution is 2.33. The first kappa shape index (κ1) is 92.7. The van der Waals surface area contributed by atoms with Crippen molar-refractivity contribution in [2.45, 2.75) is 471 Å². The van der Waals surface area contributed by atoms with Gasteiger partial charge >= 0.3 is 0 Å². The molecule has 3 fully saturated rings. The molecule has 19 nitrogen and oxygen atoms in total. The first-order valence-corrected chi connectivity index (χ1v) is 41.9. The largest absolute Gasteiger partial charge is 0.394 e. The van der Waals surface area contributed by atoms with Crippen LogP contribution in [0.2, 0.25) is 0 Å². The van der Waals surface area contributed by atoms with Gasteiger partial charge in [-0.25, -0.2) is 0 Å². The first-order valence-electron chi connectivity index (χ1n) is 41.9. The Morgan fingerprint density at radius 2 is 0.630 bits per heavy atom. The maximum absolute atomic E-state index is 13.5. The predicted molar refractivity (Wildman–Crippen MR) is 397 cm³/mol. The summed E-state index contributed by atoms with van der Waals surface area (Å²) in [6, 6.07) is -0.884. The van der Waals surface area contributed by atoms with Crippen LogP contribution in [0.3, 0.4) is 0 Å². The summed E-state index contributed by atoms with van der Waals surface area (Å²) in [5.74, 6) is -0.233. The quantitative estimate of drug-likeness (QED) is 0.0199. The molecule has 0 aromatic heterocycles. The van der Waals surface area contributed by atoms with Crippen LogP contribution in [0.4, 0.5) is 0 Å². The summed E-state index contributed by atoms with van der Waals surface area (Å²) in [5.41, 5.74) is 0. The molecule has 3 rings (SSSR count). The van der Waals surface area contributed by atoms with E-state index in [-0.39, 0.29) is 18.9 Å². The molecule has 3 aliphatic rings. The minimum absolute atomic E-state index is 0.233. The Kier molecular flexibility index (Phi) is 58.0. The van der Waals surface area contributed by atoms with E-state index in [1.54, 1.807) is 0 Å². The van der Waals surface area contributed by atoms with Crippen molar-refractivity contribution in [3.63, 3.8) is 0 Å². The number of aliphatic hydroxyl groups is 11. The second kappa shape index (κ2) is 62.6. The van der Waals surface area contributed by atoms with Crippen LogP contribution < -0.4 is 5.32 Å². The lowest BCUT2D eigenvalue weighted by Gasteiger charge is -2.48. The second-order valence-corrected chi connectivity index (χ2v) is 30.3. The van der Waals surface area contributed by atoms with Crippen molar-refractivity contribution >= 4 is 5.91 Å². The monoisotopic (exact) mass is 1430 g/mol. The van der Waals surface area contributed by atoms with Crippen LogP contribution in [0.5, 0.6) is 0 Å². The normalized spacial score (nSPS) is 26.4. The molecule has 0 aromatic rings. The van der Waals surface area contributed by atoms with Gasteiger partial charge in [-0.15, -0.1) is 0 Å². The number of aliphatic hydroxyl groups excluding tert-OH is 11. The number of nitrogens with one attached hydrogen (secondary N) is 1. The Bertz CT molecular complexity index is 1850. The number of hydrogen-bond donors (Lipinski definition) is 12. The first-order chi connectivity index (χ1) is 48.8. The SMILES string of the molecule is CCCCCCCCCC/C=C\CCCCCCCCCCCCCCCCCCCCCCCCCC(=O)NC(COC1OC(CO)C(OC2OC(CO)C(OC3OC(CO)C(O)C(O)C3O)C(O)C2O)C(O)C1O)C(O)CCCCCCCCCCCCCCCCCCCCCC. The van der Waals surface area contributed by atoms with Gasteiger partial charge in [0.25, 0.3) is 0 Å². The van der Waals surface area contributed by atoms with Gasteiger partial charge in [-0.3, -0.25) is 4.79 Å². The fraction of sp³-hybridized carbons (Fsp3) is 0.963. The standard InChI is InChI=1S/C81H155NO18/c1-3-5-7-9-11-13-15-17-19-21-23-25-26-27-28-29-30-31-32-33-34-35-36-37-38-39-41-43-45-47-49-51-53-55-57-59-69(87)82-64(65(86)58-56-54-52-50-48-46-44-42-40-24-22-20-18-16-14-12-10-8-6-4-2)63-95-79-75(93)72(90)77(67(61-84)97-79)100-81-76(94)73(91)78(68(62-85)98-81)99-80-74(92)71(89)70(88)66(60-83)96-80/h21,23,64-68,70-81,83-86,88-94H,3-20,22,24-63H2,1-2H3,(H,82,87)/b23-21-. The maximum Gasteiger partial charge on any atom is 0.220 e. The minimum Gasteiger partial charge on any atom is -0.394 e. The lowest BCUT2D eigenvalue weighted by atomic mass is 9.96. The molecular weight excluding hydrogens is 1270 g/mol. The van der Waals surface area contributed by atoms with E-state index in [4.69, 9.17) is 28.4 Å². The molecule has 100 heavy (non-hydrogen) atoms. The molecule has 0 aliphatic carbocycles. The third-order valence-electron chi connectivity index (χ3n) is 21.3. The van der Waals surface area contributed by atoms with Crippen LogP contribution in [0.1, 0.15) is 367 Å². The molecule has 0 bridgehead atoms. The van der Waals surface area contributed by atoms with Gasteiger partial charge in [0.1, 0.15) is 73.2 Å². The number of rotatable bonds is 68. The molecule has 0 saturated carbocycles. The van der Waals surface area contributed by atoms with Gasteiger partial charge in [-0.05, 0) is 38.5 Å². The zero-order valence-corrected chi connectivity index (χ0v) is 63.5. The number of hydrogen-bond acceptors (Lipinski definition) is 18. The van der Waals surface area contributed by atoms with Crippen LogP contribution in [0.25, 0.3) is 0 Å². The van der Waals surface area contributed by atoms with E-state index in [1.165, 1.54) is 289 Å². The van der Waals surface area contributed by atoms with Crippen LogP contribution in [-0.4, -0.2) is 193 Å². The molecule has 0 spiro atoms. The van der Waals surface area contributed by atoms with Gasteiger partial charge in [0.15, 0.2) is 18.9 Å². The van der Waals surface area contributed by atoms with Crippen molar-refractivity contribution in [3.8, 4) is 0 Å². The maximum atomic E-state index is 13.5. The molecule has 17 unspecified atom stereocenters. The van der Waals surface area contributed by atoms with E-state index in [1.807, 2.05) is 0 Å². The number of carbonyl (C=O) groups is 1. The van der Waals surface area contributed by atoms with E-state index >= 15 is 0 Å². The van der Waals surface area contributed by atoms with Crippen molar-refractivity contribution in [2.24, 2.45) is 0 Å². The van der Waals surface area contributed by atoms with Crippen molar-refractivity contribution < 1.29 is 89.4 Å². The Balaban J connectivity index is 1.32. The second-order valence-electron chi connectivity index (χ2n) is 30.3. The van der Waals surface area contributed by atoms with E-state index in [9.17, 15) is 61.0 Å². The van der Waals surface area contributed by atoms with Gasteiger partial charge in [-0.1, -0.05) is 334 Å². The molecule has 12 N–H and O–H groups in total. The fourth-order valence-electron chi connectivity index (χ4n) is 14.6. The highest BCUT2D eigenvalue weighted by Gasteiger charge is 2.54. The van der Waals surface area contributed by atoms with Gasteiger partial charge in [0, 0.05) is 6.42 Å². The fourth-order valence-corrected chi connectivity index (χ4v) is 14.6. The molecule has 0 radical (unpaired) electrons. The summed E-state index contributed by atoms with van der Waals surface area (Å²) in [4.78, 5) is 13.5. The van der Waals surface area contributed by atoms with Gasteiger partial charge < -0.3 is 89.9 Å². The average Bonchev–Trinajstić information content (AvgIpc) is 0.783. The Morgan fingerprint density at radius 3 is 0.970 bits per heavy atom. The number of allylic oxidation sites excluding steroid dienone is 2. The van der Waals surface area contributed by atoms with E-state index < -0.39 is 124 Å². The summed E-state index contributed by atoms with van der Waals surface area (Å²) in [6.45, 7) is 1.86. The zero-order chi connectivity index (χ0) is 72.5. The summed E-state index contributed by atoms with van der Waals surface area (Å²) in [6.07, 6.45) is 47.5. The lowest BCUT2D eigenvalue weighted by Crippen LogP contribution is -2.66. The Labute approximate surface area is 607 Å². The van der Waals surface area contributed by atoms with Crippen molar-refractivity contribution in [3.05, 3.63) is 12.2 Å². The van der Waals surface area contributed by atoms with Crippen molar-refractivity contribution in [1.29, 1.82) is 0 Å². The van der Waals surface area contributed by atoms with Gasteiger partial charge in [-0.2, -0.15) is 0 Å².